The minimum Gasteiger partial charge on any atom is -0.298 e. The molecule has 0 N–H and O–H groups in total. The van der Waals surface area contributed by atoms with Gasteiger partial charge in [0.2, 0.25) is 0 Å². The summed E-state index contributed by atoms with van der Waals surface area (Å²) in [7, 11) is 0. The highest BCUT2D eigenvalue weighted by molar-refractivity contribution is 7.99. The first-order valence-electron chi connectivity index (χ1n) is 14.4. The molecule has 0 atom stereocenters. The van der Waals surface area contributed by atoms with Gasteiger partial charge < -0.3 is 0 Å². The van der Waals surface area contributed by atoms with Gasteiger partial charge in [-0.15, -0.1) is 23.5 Å². The van der Waals surface area contributed by atoms with Crippen LogP contribution in [0.4, 0.5) is 0 Å². The molecule has 0 heterocycles. The van der Waals surface area contributed by atoms with Crippen LogP contribution in [0.25, 0.3) is 0 Å². The van der Waals surface area contributed by atoms with Crippen LogP contribution in [-0.2, 0) is 33.2 Å². The maximum Gasteiger partial charge on any atom is 0.150 e. The summed E-state index contributed by atoms with van der Waals surface area (Å²) in [4.78, 5) is 14.1. The lowest BCUT2D eigenvalue weighted by Crippen LogP contribution is -2.17. The van der Waals surface area contributed by atoms with E-state index in [0.29, 0.717) is 0 Å². The van der Waals surface area contributed by atoms with Gasteiger partial charge in [-0.1, -0.05) is 119 Å². The molecule has 0 amide bonds. The molecule has 0 unspecified atom stereocenters. The highest BCUT2D eigenvalue weighted by atomic mass is 32.2. The van der Waals surface area contributed by atoms with E-state index in [9.17, 15) is 4.79 Å². The monoisotopic (exact) mass is 574 g/mol. The Morgan fingerprint density at radius 2 is 0.775 bits per heavy atom. The zero-order chi connectivity index (χ0) is 30.1. The summed E-state index contributed by atoms with van der Waals surface area (Å²) in [5, 5.41) is 0. The normalized spacial score (nSPS) is 13.0. The Hall–Kier alpha value is -1.97. The van der Waals surface area contributed by atoms with Crippen LogP contribution in [0.2, 0.25) is 0 Å². The molecule has 0 aliphatic heterocycles. The molecule has 40 heavy (non-hydrogen) atoms. The Balaban J connectivity index is 1.86. The van der Waals surface area contributed by atoms with Gasteiger partial charge in [-0.3, -0.25) is 4.79 Å². The molecule has 3 aromatic rings. The van der Waals surface area contributed by atoms with Gasteiger partial charge in [0.15, 0.2) is 0 Å². The second-order valence-electron chi connectivity index (χ2n) is 15.3. The minimum absolute atomic E-state index is 0.0963. The number of carbonyl (C=O) groups is 1. The number of thioether (sulfide) groups is 2. The third-order valence-electron chi connectivity index (χ3n) is 7.30. The molecule has 3 heteroatoms. The maximum absolute atomic E-state index is 11.9. The van der Waals surface area contributed by atoms with Crippen molar-refractivity contribution in [1.29, 1.82) is 0 Å². The molecule has 3 aromatic carbocycles. The van der Waals surface area contributed by atoms with E-state index in [1.54, 1.807) is 0 Å². The first-order valence-corrected chi connectivity index (χ1v) is 16.4. The number of rotatable bonds is 7. The predicted octanol–water partition coefficient (Wildman–Crippen LogP) is 11.3. The molecule has 3 rings (SSSR count). The van der Waals surface area contributed by atoms with Crippen molar-refractivity contribution in [2.24, 2.45) is 0 Å². The van der Waals surface area contributed by atoms with Crippen LogP contribution in [0.1, 0.15) is 127 Å². The van der Waals surface area contributed by atoms with Crippen molar-refractivity contribution in [3.8, 4) is 0 Å². The van der Waals surface area contributed by atoms with Gasteiger partial charge in [0, 0.05) is 26.9 Å². The first-order chi connectivity index (χ1) is 18.3. The van der Waals surface area contributed by atoms with E-state index >= 15 is 0 Å². The molecule has 0 fully saturated rings. The zero-order valence-corrected chi connectivity index (χ0v) is 28.5. The molecule has 216 valence electrons. The SMILES string of the molecule is CC(C)(C)c1cc(CSc2cc(C=O)cc(SCc3cc(C(C)(C)C)cc(C(C)(C)C)c3)c2)cc(C(C)(C)C)c1. The number of aldehydes is 1. The molecule has 1 nitrogen and oxygen atoms in total. The van der Waals surface area contributed by atoms with Crippen LogP contribution in [-0.4, -0.2) is 6.29 Å². The van der Waals surface area contributed by atoms with Crippen molar-refractivity contribution in [2.45, 2.75) is 126 Å². The van der Waals surface area contributed by atoms with Crippen molar-refractivity contribution in [1.82, 2.24) is 0 Å². The first kappa shape index (κ1) is 32.5. The Kier molecular flexibility index (Phi) is 9.84. The second-order valence-corrected chi connectivity index (χ2v) is 17.4. The van der Waals surface area contributed by atoms with Crippen LogP contribution in [0.5, 0.6) is 0 Å². The summed E-state index contributed by atoms with van der Waals surface area (Å²) in [6.07, 6.45) is 0.976. The van der Waals surface area contributed by atoms with Gasteiger partial charge >= 0.3 is 0 Å². The van der Waals surface area contributed by atoms with Crippen molar-refractivity contribution < 1.29 is 4.79 Å². The van der Waals surface area contributed by atoms with Gasteiger partial charge in [-0.05, 0) is 73.2 Å². The molecule has 0 aromatic heterocycles. The van der Waals surface area contributed by atoms with Crippen LogP contribution in [0, 0.1) is 0 Å². The highest BCUT2D eigenvalue weighted by Crippen LogP contribution is 2.36. The minimum atomic E-state index is 0.0963. The van der Waals surface area contributed by atoms with Gasteiger partial charge in [0.25, 0.3) is 0 Å². The third-order valence-corrected chi connectivity index (χ3v) is 9.39. The highest BCUT2D eigenvalue weighted by Gasteiger charge is 2.22. The Morgan fingerprint density at radius 3 is 1.02 bits per heavy atom. The van der Waals surface area contributed by atoms with E-state index in [0.717, 1.165) is 33.1 Å². The summed E-state index contributed by atoms with van der Waals surface area (Å²) in [5.74, 6) is 1.75. The summed E-state index contributed by atoms with van der Waals surface area (Å²) in [5.41, 5.74) is 9.30. The second kappa shape index (κ2) is 12.1. The molecular weight excluding hydrogens is 525 g/mol. The fraction of sp³-hybridized carbons (Fsp3) is 0.486. The average molecular weight is 575 g/mol. The molecule has 0 radical (unpaired) electrons. The standard InChI is InChI=1S/C37H50OS2/c1-34(2,3)28-13-26(14-29(19-28)35(4,5)6)23-39-32-17-25(22-38)18-33(21-32)40-24-27-15-30(36(7,8)9)20-31(16-27)37(10,11)12/h13-22H,23-24H2,1-12H3. The molecule has 0 saturated heterocycles. The van der Waals surface area contributed by atoms with Gasteiger partial charge in [-0.2, -0.15) is 0 Å². The van der Waals surface area contributed by atoms with Crippen LogP contribution in [0.15, 0.2) is 64.4 Å². The van der Waals surface area contributed by atoms with Crippen molar-refractivity contribution in [2.75, 3.05) is 0 Å². The smallest absolute Gasteiger partial charge is 0.150 e. The lowest BCUT2D eigenvalue weighted by molar-refractivity contribution is 0.112. The maximum atomic E-state index is 11.9. The summed E-state index contributed by atoms with van der Waals surface area (Å²) < 4.78 is 0. The fourth-order valence-electron chi connectivity index (χ4n) is 4.44. The van der Waals surface area contributed by atoms with Crippen LogP contribution < -0.4 is 0 Å². The summed E-state index contributed by atoms with van der Waals surface area (Å²) >= 11 is 3.63. The summed E-state index contributed by atoms with van der Waals surface area (Å²) in [6.45, 7) is 27.4. The van der Waals surface area contributed by atoms with Gasteiger partial charge in [0.1, 0.15) is 6.29 Å². The van der Waals surface area contributed by atoms with E-state index in [1.807, 2.05) is 35.7 Å². The number of benzene rings is 3. The van der Waals surface area contributed by atoms with E-state index in [2.05, 4.69) is 126 Å². The molecule has 0 bridgehead atoms. The van der Waals surface area contributed by atoms with E-state index < -0.39 is 0 Å². The average Bonchev–Trinajstić information content (AvgIpc) is 2.83. The topological polar surface area (TPSA) is 17.1 Å². The Labute approximate surface area is 253 Å². The lowest BCUT2D eigenvalue weighted by atomic mass is 9.80. The molecular formula is C37H50OS2. The Bertz CT molecular complexity index is 1180. The number of hydrogen-bond donors (Lipinski definition) is 0. The number of carbonyl (C=O) groups excluding carboxylic acids is 1. The van der Waals surface area contributed by atoms with E-state index in [4.69, 9.17) is 0 Å². The van der Waals surface area contributed by atoms with Crippen LogP contribution in [0.3, 0.4) is 0 Å². The van der Waals surface area contributed by atoms with Crippen molar-refractivity contribution >= 4 is 29.8 Å². The van der Waals surface area contributed by atoms with Crippen molar-refractivity contribution in [3.05, 3.63) is 93.5 Å². The molecule has 0 aliphatic carbocycles. The molecule has 0 spiro atoms. The lowest BCUT2D eigenvalue weighted by Gasteiger charge is -2.26. The van der Waals surface area contributed by atoms with Crippen LogP contribution >= 0.6 is 23.5 Å². The largest absolute Gasteiger partial charge is 0.298 e. The third kappa shape index (κ3) is 9.02. The quantitative estimate of drug-likeness (QED) is 0.206. The van der Waals surface area contributed by atoms with Gasteiger partial charge in [-0.25, -0.2) is 0 Å². The molecule has 0 saturated carbocycles. The van der Waals surface area contributed by atoms with E-state index in [-0.39, 0.29) is 21.7 Å². The predicted molar refractivity (Wildman–Crippen MR) is 179 cm³/mol. The van der Waals surface area contributed by atoms with Gasteiger partial charge in [0.05, 0.1) is 0 Å². The fourth-order valence-corrected chi connectivity index (χ4v) is 6.38. The zero-order valence-electron chi connectivity index (χ0n) is 26.9. The Morgan fingerprint density at radius 1 is 0.475 bits per heavy atom. The molecule has 0 aliphatic rings. The van der Waals surface area contributed by atoms with Crippen molar-refractivity contribution in [3.63, 3.8) is 0 Å². The number of hydrogen-bond acceptors (Lipinski definition) is 3. The van der Waals surface area contributed by atoms with E-state index in [1.165, 1.54) is 33.4 Å². The summed E-state index contributed by atoms with van der Waals surface area (Å²) in [6, 6.07) is 20.5.